The molecule has 2 amide bonds. The second kappa shape index (κ2) is 14.3. The number of hydrogen-bond donors (Lipinski definition) is 5. The van der Waals surface area contributed by atoms with Gasteiger partial charge in [0.1, 0.15) is 24.5 Å². The molecule has 12 nitrogen and oxygen atoms in total. The van der Waals surface area contributed by atoms with Crippen molar-refractivity contribution in [2.45, 2.75) is 65.3 Å². The normalized spacial score (nSPS) is 12.9. The molecule has 13 heteroatoms. The van der Waals surface area contributed by atoms with Gasteiger partial charge >= 0.3 is 6.16 Å². The number of amides is 2. The van der Waals surface area contributed by atoms with E-state index in [-0.39, 0.29) is 18.1 Å². The number of nitrogens with two attached hydrogens (primary N) is 1. The standard InChI is InChI=1S/C22H35N5O7S/c1-5-6-11-35(31,32)27-18(13-33-22(30)34-14(2)3)21(29)26-15(4)20(28)25-12-16-7-9-17(10-8-16)19(23)24/h7-10,14-15,18,27H,5-6,11-13H2,1-4H3,(H3,23,24)(H,25,28)(H,26,29)/t15-,18+/m0/s1. The fraction of sp³-hybridized carbons (Fsp3) is 0.545. The Balaban J connectivity index is 2.76. The molecular weight excluding hydrogens is 478 g/mol. The lowest BCUT2D eigenvalue weighted by molar-refractivity contribution is -0.130. The molecule has 35 heavy (non-hydrogen) atoms. The number of hydrogen-bond acceptors (Lipinski definition) is 8. The zero-order valence-electron chi connectivity index (χ0n) is 20.4. The molecule has 0 fully saturated rings. The average molecular weight is 514 g/mol. The second-order valence-electron chi connectivity index (χ2n) is 8.13. The van der Waals surface area contributed by atoms with Crippen LogP contribution in [0, 0.1) is 5.41 Å². The first-order valence-electron chi connectivity index (χ1n) is 11.2. The van der Waals surface area contributed by atoms with Crippen molar-refractivity contribution in [3.8, 4) is 0 Å². The van der Waals surface area contributed by atoms with E-state index in [9.17, 15) is 22.8 Å². The first-order chi connectivity index (χ1) is 16.3. The third-order valence-corrected chi connectivity index (χ3v) is 6.06. The summed E-state index contributed by atoms with van der Waals surface area (Å²) in [7, 11) is -3.84. The highest BCUT2D eigenvalue weighted by atomic mass is 32.2. The van der Waals surface area contributed by atoms with Crippen molar-refractivity contribution in [3.05, 3.63) is 35.4 Å². The molecule has 0 unspecified atom stereocenters. The summed E-state index contributed by atoms with van der Waals surface area (Å²) in [5.41, 5.74) is 6.71. The number of nitrogens with one attached hydrogen (secondary N) is 4. The quantitative estimate of drug-likeness (QED) is 0.137. The molecule has 6 N–H and O–H groups in total. The number of ether oxygens (including phenoxy) is 2. The van der Waals surface area contributed by atoms with E-state index in [4.69, 9.17) is 20.6 Å². The number of carbonyl (C=O) groups is 3. The Bertz CT molecular complexity index is 980. The summed E-state index contributed by atoms with van der Waals surface area (Å²) >= 11 is 0. The highest BCUT2D eigenvalue weighted by Crippen LogP contribution is 2.04. The van der Waals surface area contributed by atoms with E-state index in [1.807, 2.05) is 6.92 Å². The van der Waals surface area contributed by atoms with Crippen molar-refractivity contribution in [2.24, 2.45) is 5.73 Å². The SMILES string of the molecule is CCCCS(=O)(=O)N[C@H](COC(=O)OC(C)C)C(=O)N[C@@H](C)C(=O)NCc1ccc(C(=N)N)cc1. The summed E-state index contributed by atoms with van der Waals surface area (Å²) < 4.78 is 36.6. The maximum absolute atomic E-state index is 12.7. The number of rotatable bonds is 14. The largest absolute Gasteiger partial charge is 0.508 e. The van der Waals surface area contributed by atoms with Gasteiger partial charge in [0, 0.05) is 12.1 Å². The van der Waals surface area contributed by atoms with Crippen LogP contribution in [0.2, 0.25) is 0 Å². The highest BCUT2D eigenvalue weighted by Gasteiger charge is 2.28. The molecule has 0 aromatic heterocycles. The third kappa shape index (κ3) is 11.7. The molecule has 0 aliphatic heterocycles. The van der Waals surface area contributed by atoms with E-state index in [1.54, 1.807) is 38.1 Å². The van der Waals surface area contributed by atoms with E-state index in [0.29, 0.717) is 18.4 Å². The molecule has 1 rings (SSSR count). The van der Waals surface area contributed by atoms with Gasteiger partial charge in [0.05, 0.1) is 11.9 Å². The Labute approximate surface area is 205 Å². The lowest BCUT2D eigenvalue weighted by Gasteiger charge is -2.21. The molecule has 1 aromatic carbocycles. The van der Waals surface area contributed by atoms with Gasteiger partial charge in [-0.25, -0.2) is 13.2 Å². The lowest BCUT2D eigenvalue weighted by atomic mass is 10.1. The van der Waals surface area contributed by atoms with E-state index in [2.05, 4.69) is 15.4 Å². The molecule has 0 spiro atoms. The van der Waals surface area contributed by atoms with Crippen molar-refractivity contribution in [1.29, 1.82) is 5.41 Å². The number of carbonyl (C=O) groups excluding carboxylic acids is 3. The van der Waals surface area contributed by atoms with E-state index >= 15 is 0 Å². The van der Waals surface area contributed by atoms with Gasteiger partial charge in [0.15, 0.2) is 0 Å². The minimum absolute atomic E-state index is 0.0711. The number of unbranched alkanes of at least 4 members (excludes halogenated alkanes) is 1. The molecule has 196 valence electrons. The summed E-state index contributed by atoms with van der Waals surface area (Å²) in [5.74, 6) is -1.63. The molecule has 0 radical (unpaired) electrons. The van der Waals surface area contributed by atoms with Crippen LogP contribution in [-0.4, -0.2) is 62.8 Å². The van der Waals surface area contributed by atoms with E-state index in [0.717, 1.165) is 5.56 Å². The lowest BCUT2D eigenvalue weighted by Crippen LogP contribution is -2.54. The van der Waals surface area contributed by atoms with Crippen LogP contribution in [0.5, 0.6) is 0 Å². The molecule has 1 aromatic rings. The van der Waals surface area contributed by atoms with Crippen LogP contribution in [-0.2, 0) is 35.6 Å². The van der Waals surface area contributed by atoms with Crippen LogP contribution in [0.1, 0.15) is 51.7 Å². The molecular formula is C22H35N5O7S. The average Bonchev–Trinajstić information content (AvgIpc) is 2.78. The summed E-state index contributed by atoms with van der Waals surface area (Å²) in [6.45, 7) is 6.02. The van der Waals surface area contributed by atoms with E-state index in [1.165, 1.54) is 6.92 Å². The van der Waals surface area contributed by atoms with Crippen molar-refractivity contribution < 1.29 is 32.3 Å². The molecule has 0 saturated heterocycles. The smallest absolute Gasteiger partial charge is 0.432 e. The third-order valence-electron chi connectivity index (χ3n) is 4.59. The predicted molar refractivity (Wildman–Crippen MR) is 130 cm³/mol. The summed E-state index contributed by atoms with van der Waals surface area (Å²) in [5, 5.41) is 12.5. The first kappa shape index (κ1) is 29.8. The Kier molecular flexibility index (Phi) is 12.2. The molecule has 0 heterocycles. The van der Waals surface area contributed by atoms with Gasteiger partial charge in [-0.3, -0.25) is 15.0 Å². The van der Waals surface area contributed by atoms with Gasteiger partial charge in [-0.05, 0) is 32.8 Å². The van der Waals surface area contributed by atoms with Crippen molar-refractivity contribution >= 4 is 33.8 Å². The highest BCUT2D eigenvalue weighted by molar-refractivity contribution is 7.89. The summed E-state index contributed by atoms with van der Waals surface area (Å²) in [6, 6.07) is 4.24. The Morgan fingerprint density at radius 1 is 1.09 bits per heavy atom. The Hall–Kier alpha value is -3.19. The van der Waals surface area contributed by atoms with Gasteiger partial charge in [-0.15, -0.1) is 0 Å². The van der Waals surface area contributed by atoms with Crippen LogP contribution < -0.4 is 21.1 Å². The minimum Gasteiger partial charge on any atom is -0.432 e. The van der Waals surface area contributed by atoms with E-state index < -0.39 is 52.8 Å². The Morgan fingerprint density at radius 3 is 2.26 bits per heavy atom. The van der Waals surface area contributed by atoms with Crippen molar-refractivity contribution in [3.63, 3.8) is 0 Å². The van der Waals surface area contributed by atoms with Gasteiger partial charge in [-0.2, -0.15) is 4.72 Å². The molecule has 0 aliphatic carbocycles. The summed E-state index contributed by atoms with van der Waals surface area (Å²) in [4.78, 5) is 36.9. The van der Waals surface area contributed by atoms with Gasteiger partial charge < -0.3 is 25.8 Å². The first-order valence-corrected chi connectivity index (χ1v) is 12.8. The maximum atomic E-state index is 12.7. The fourth-order valence-corrected chi connectivity index (χ4v) is 4.07. The van der Waals surface area contributed by atoms with Crippen LogP contribution in [0.4, 0.5) is 4.79 Å². The van der Waals surface area contributed by atoms with Crippen molar-refractivity contribution in [1.82, 2.24) is 15.4 Å². The van der Waals surface area contributed by atoms with Crippen LogP contribution >= 0.6 is 0 Å². The number of sulfonamides is 1. The topological polar surface area (TPSA) is 190 Å². The van der Waals surface area contributed by atoms with Gasteiger partial charge in [0.2, 0.25) is 21.8 Å². The fourth-order valence-electron chi connectivity index (χ4n) is 2.68. The number of nitrogen functional groups attached to an aromatic ring is 1. The zero-order chi connectivity index (χ0) is 26.6. The zero-order valence-corrected chi connectivity index (χ0v) is 21.2. The van der Waals surface area contributed by atoms with Crippen LogP contribution in [0.25, 0.3) is 0 Å². The maximum Gasteiger partial charge on any atom is 0.508 e. The van der Waals surface area contributed by atoms with Crippen LogP contribution in [0.15, 0.2) is 24.3 Å². The summed E-state index contributed by atoms with van der Waals surface area (Å²) in [6.07, 6.45) is -0.499. The molecule has 2 atom stereocenters. The monoisotopic (exact) mass is 513 g/mol. The van der Waals surface area contributed by atoms with Gasteiger partial charge in [-0.1, -0.05) is 37.6 Å². The number of benzene rings is 1. The van der Waals surface area contributed by atoms with Crippen molar-refractivity contribution in [2.75, 3.05) is 12.4 Å². The molecule has 0 bridgehead atoms. The second-order valence-corrected chi connectivity index (χ2v) is 10.0. The molecule has 0 saturated carbocycles. The predicted octanol–water partition coefficient (Wildman–Crippen LogP) is 0.741. The number of amidine groups is 1. The molecule has 0 aliphatic rings. The van der Waals surface area contributed by atoms with Crippen LogP contribution in [0.3, 0.4) is 0 Å². The Morgan fingerprint density at radius 2 is 1.71 bits per heavy atom. The minimum atomic E-state index is -3.84. The van der Waals surface area contributed by atoms with Gasteiger partial charge in [0.25, 0.3) is 0 Å².